The normalized spacial score (nSPS) is 23.6. The molecular formula is C15H20N2O2. The van der Waals surface area contributed by atoms with Crippen molar-refractivity contribution < 1.29 is 9.53 Å². The van der Waals surface area contributed by atoms with E-state index in [0.717, 1.165) is 45.0 Å². The van der Waals surface area contributed by atoms with E-state index in [-0.39, 0.29) is 5.91 Å². The Kier molecular flexibility index (Phi) is 3.42. The van der Waals surface area contributed by atoms with Crippen LogP contribution in [0.3, 0.4) is 0 Å². The highest BCUT2D eigenvalue weighted by molar-refractivity contribution is 5.73. The Bertz CT molecular complexity index is 467. The Hall–Kier alpha value is -1.55. The minimum absolute atomic E-state index is 0.187. The van der Waals surface area contributed by atoms with E-state index in [0.29, 0.717) is 6.04 Å². The molecule has 2 heterocycles. The van der Waals surface area contributed by atoms with E-state index in [1.807, 2.05) is 17.0 Å². The van der Waals surface area contributed by atoms with Gasteiger partial charge in [-0.3, -0.25) is 9.69 Å². The van der Waals surface area contributed by atoms with Gasteiger partial charge in [-0.05, 0) is 6.07 Å². The summed E-state index contributed by atoms with van der Waals surface area (Å²) in [5.41, 5.74) is 1.30. The molecule has 4 heteroatoms. The fourth-order valence-corrected chi connectivity index (χ4v) is 3.05. The Morgan fingerprint density at radius 1 is 1.21 bits per heavy atom. The van der Waals surface area contributed by atoms with Gasteiger partial charge in [0.2, 0.25) is 5.91 Å². The van der Waals surface area contributed by atoms with Crippen LogP contribution in [0.25, 0.3) is 0 Å². The van der Waals surface area contributed by atoms with Gasteiger partial charge >= 0.3 is 0 Å². The molecule has 19 heavy (non-hydrogen) atoms. The summed E-state index contributed by atoms with van der Waals surface area (Å²) in [6.07, 6.45) is 1.04. The minimum atomic E-state index is 0.187. The van der Waals surface area contributed by atoms with Gasteiger partial charge in [-0.15, -0.1) is 0 Å². The van der Waals surface area contributed by atoms with Crippen LogP contribution in [0.1, 0.15) is 24.9 Å². The topological polar surface area (TPSA) is 32.8 Å². The molecule has 1 aromatic rings. The number of amides is 1. The molecule has 0 N–H and O–H groups in total. The van der Waals surface area contributed by atoms with Crippen LogP contribution in [0.2, 0.25) is 0 Å². The molecule has 1 amide bonds. The molecular weight excluding hydrogens is 240 g/mol. The zero-order valence-corrected chi connectivity index (χ0v) is 11.3. The summed E-state index contributed by atoms with van der Waals surface area (Å²) in [6, 6.07) is 8.75. The lowest BCUT2D eigenvalue weighted by Gasteiger charge is -2.41. The van der Waals surface area contributed by atoms with Crippen molar-refractivity contribution >= 4 is 5.91 Å². The standard InChI is InChI=1S/C15H20N2O2/c1-12(18)16-7-9-17(10-8-16)14-6-11-19-15-5-3-2-4-13(14)15/h2-5,14H,6-11H2,1H3. The van der Waals surface area contributed by atoms with Crippen LogP contribution in [-0.2, 0) is 4.79 Å². The molecule has 1 unspecified atom stereocenters. The van der Waals surface area contributed by atoms with Gasteiger partial charge < -0.3 is 9.64 Å². The van der Waals surface area contributed by atoms with Crippen LogP contribution < -0.4 is 4.74 Å². The predicted molar refractivity (Wildman–Crippen MR) is 73.1 cm³/mol. The first-order valence-corrected chi connectivity index (χ1v) is 6.97. The quantitative estimate of drug-likeness (QED) is 0.770. The van der Waals surface area contributed by atoms with Gasteiger partial charge in [0.05, 0.1) is 6.61 Å². The van der Waals surface area contributed by atoms with Crippen molar-refractivity contribution in [3.63, 3.8) is 0 Å². The number of nitrogens with zero attached hydrogens (tertiary/aromatic N) is 2. The fourth-order valence-electron chi connectivity index (χ4n) is 3.05. The Morgan fingerprint density at radius 2 is 1.95 bits per heavy atom. The second kappa shape index (κ2) is 5.21. The van der Waals surface area contributed by atoms with Crippen molar-refractivity contribution in [3.05, 3.63) is 29.8 Å². The average molecular weight is 260 g/mol. The summed E-state index contributed by atoms with van der Waals surface area (Å²) in [7, 11) is 0. The summed E-state index contributed by atoms with van der Waals surface area (Å²) < 4.78 is 5.71. The summed E-state index contributed by atoms with van der Waals surface area (Å²) in [6.45, 7) is 6.04. The molecule has 2 aliphatic heterocycles. The molecule has 1 saturated heterocycles. The van der Waals surface area contributed by atoms with Gasteiger partial charge in [0.1, 0.15) is 5.75 Å². The third kappa shape index (κ3) is 2.45. The van der Waals surface area contributed by atoms with Crippen LogP contribution >= 0.6 is 0 Å². The molecule has 102 valence electrons. The number of ether oxygens (including phenoxy) is 1. The summed E-state index contributed by atoms with van der Waals surface area (Å²) in [5.74, 6) is 1.21. The van der Waals surface area contributed by atoms with Crippen molar-refractivity contribution in [2.75, 3.05) is 32.8 Å². The second-order valence-corrected chi connectivity index (χ2v) is 5.23. The zero-order valence-electron chi connectivity index (χ0n) is 11.3. The number of hydrogen-bond acceptors (Lipinski definition) is 3. The Balaban J connectivity index is 1.73. The van der Waals surface area contributed by atoms with Gasteiger partial charge in [0.25, 0.3) is 0 Å². The van der Waals surface area contributed by atoms with Gasteiger partial charge in [-0.1, -0.05) is 18.2 Å². The molecule has 2 aliphatic rings. The SMILES string of the molecule is CC(=O)N1CCN(C2CCOc3ccccc32)CC1. The number of carbonyl (C=O) groups excluding carboxylic acids is 1. The Morgan fingerprint density at radius 3 is 2.68 bits per heavy atom. The molecule has 1 fully saturated rings. The van der Waals surface area contributed by atoms with Crippen LogP contribution in [0.4, 0.5) is 0 Å². The molecule has 1 atom stereocenters. The molecule has 3 rings (SSSR count). The van der Waals surface area contributed by atoms with E-state index in [1.54, 1.807) is 6.92 Å². The number of para-hydroxylation sites is 1. The van der Waals surface area contributed by atoms with Crippen LogP contribution in [-0.4, -0.2) is 48.5 Å². The van der Waals surface area contributed by atoms with Gasteiger partial charge in [-0.25, -0.2) is 0 Å². The largest absolute Gasteiger partial charge is 0.493 e. The van der Waals surface area contributed by atoms with E-state index in [4.69, 9.17) is 4.74 Å². The molecule has 0 aliphatic carbocycles. The van der Waals surface area contributed by atoms with Crippen molar-refractivity contribution in [1.29, 1.82) is 0 Å². The van der Waals surface area contributed by atoms with Gasteiger partial charge in [0.15, 0.2) is 0 Å². The third-order valence-corrected chi connectivity index (χ3v) is 4.13. The maximum absolute atomic E-state index is 11.4. The number of piperazine rings is 1. The van der Waals surface area contributed by atoms with Crippen molar-refractivity contribution in [1.82, 2.24) is 9.80 Å². The lowest BCUT2D eigenvalue weighted by atomic mass is 9.98. The van der Waals surface area contributed by atoms with Crippen LogP contribution in [0.5, 0.6) is 5.75 Å². The first kappa shape index (κ1) is 12.5. The summed E-state index contributed by atoms with van der Waals surface area (Å²) >= 11 is 0. The monoisotopic (exact) mass is 260 g/mol. The fraction of sp³-hybridized carbons (Fsp3) is 0.533. The number of carbonyl (C=O) groups is 1. The molecule has 0 saturated carbocycles. The third-order valence-electron chi connectivity index (χ3n) is 4.13. The van der Waals surface area contributed by atoms with Crippen LogP contribution in [0, 0.1) is 0 Å². The van der Waals surface area contributed by atoms with Crippen LogP contribution in [0.15, 0.2) is 24.3 Å². The smallest absolute Gasteiger partial charge is 0.219 e. The first-order valence-electron chi connectivity index (χ1n) is 6.97. The maximum atomic E-state index is 11.4. The molecule has 1 aromatic carbocycles. The lowest BCUT2D eigenvalue weighted by Crippen LogP contribution is -2.49. The number of hydrogen-bond donors (Lipinski definition) is 0. The number of benzene rings is 1. The van der Waals surface area contributed by atoms with Crippen molar-refractivity contribution in [2.24, 2.45) is 0 Å². The van der Waals surface area contributed by atoms with Crippen molar-refractivity contribution in [2.45, 2.75) is 19.4 Å². The number of rotatable bonds is 1. The minimum Gasteiger partial charge on any atom is -0.493 e. The van der Waals surface area contributed by atoms with E-state index < -0.39 is 0 Å². The summed E-state index contributed by atoms with van der Waals surface area (Å²) in [5, 5.41) is 0. The van der Waals surface area contributed by atoms with Gasteiger partial charge in [0, 0.05) is 51.1 Å². The van der Waals surface area contributed by atoms with E-state index in [9.17, 15) is 4.79 Å². The highest BCUT2D eigenvalue weighted by atomic mass is 16.5. The maximum Gasteiger partial charge on any atom is 0.219 e. The lowest BCUT2D eigenvalue weighted by molar-refractivity contribution is -0.131. The van der Waals surface area contributed by atoms with E-state index in [2.05, 4.69) is 17.0 Å². The molecule has 4 nitrogen and oxygen atoms in total. The highest BCUT2D eigenvalue weighted by Crippen LogP contribution is 2.35. The Labute approximate surface area is 113 Å². The van der Waals surface area contributed by atoms with Crippen molar-refractivity contribution in [3.8, 4) is 5.75 Å². The molecule has 0 aromatic heterocycles. The first-order chi connectivity index (χ1) is 9.25. The average Bonchev–Trinajstić information content (AvgIpc) is 2.47. The zero-order chi connectivity index (χ0) is 13.2. The summed E-state index contributed by atoms with van der Waals surface area (Å²) in [4.78, 5) is 15.8. The van der Waals surface area contributed by atoms with E-state index in [1.165, 1.54) is 5.56 Å². The highest BCUT2D eigenvalue weighted by Gasteiger charge is 2.29. The number of fused-ring (bicyclic) bond motifs is 1. The second-order valence-electron chi connectivity index (χ2n) is 5.23. The van der Waals surface area contributed by atoms with Gasteiger partial charge in [-0.2, -0.15) is 0 Å². The molecule has 0 radical (unpaired) electrons. The molecule has 0 spiro atoms. The predicted octanol–water partition coefficient (Wildman–Crippen LogP) is 1.67. The van der Waals surface area contributed by atoms with E-state index >= 15 is 0 Å². The molecule has 0 bridgehead atoms.